The Morgan fingerprint density at radius 3 is 2.52 bits per heavy atom. The maximum Gasteiger partial charge on any atom is 0.331 e. The normalized spacial score (nSPS) is 10.7. The zero-order chi connectivity index (χ0) is 18.4. The lowest BCUT2D eigenvalue weighted by Gasteiger charge is -2.07. The fourth-order valence-electron chi connectivity index (χ4n) is 1.90. The van der Waals surface area contributed by atoms with Gasteiger partial charge in [0.25, 0.3) is 5.91 Å². The molecule has 0 saturated carbocycles. The summed E-state index contributed by atoms with van der Waals surface area (Å²) in [5, 5.41) is 2.03. The van der Waals surface area contributed by atoms with Crippen molar-refractivity contribution in [1.29, 1.82) is 0 Å². The lowest BCUT2D eigenvalue weighted by molar-refractivity contribution is -0.142. The molecule has 0 unspecified atom stereocenters. The Kier molecular flexibility index (Phi) is 6.41. The number of hydrogen-bond donors (Lipinski definition) is 1. The number of nitrogens with one attached hydrogen (secondary N) is 1. The lowest BCUT2D eigenvalue weighted by atomic mass is 10.1. The largest absolute Gasteiger partial charge is 0.452 e. The number of aryl methyl sites for hydroxylation is 1. The van der Waals surface area contributed by atoms with Crippen molar-refractivity contribution in [1.82, 2.24) is 0 Å². The molecule has 4 nitrogen and oxygen atoms in total. The molecule has 0 atom stereocenters. The van der Waals surface area contributed by atoms with Gasteiger partial charge in [-0.15, -0.1) is 0 Å². The first-order chi connectivity index (χ1) is 11.9. The minimum absolute atomic E-state index is 0.581. The highest BCUT2D eigenvalue weighted by Crippen LogP contribution is 2.20. The second-order valence-corrected chi connectivity index (χ2v) is 5.97. The van der Waals surface area contributed by atoms with Gasteiger partial charge < -0.3 is 10.1 Å². The predicted molar refractivity (Wildman–Crippen MR) is 93.9 cm³/mol. The van der Waals surface area contributed by atoms with E-state index in [0.29, 0.717) is 0 Å². The van der Waals surface area contributed by atoms with E-state index in [1.54, 1.807) is 0 Å². The second-order valence-electron chi connectivity index (χ2n) is 5.11. The average Bonchev–Trinajstić information content (AvgIpc) is 2.55. The van der Waals surface area contributed by atoms with Crippen LogP contribution in [0.5, 0.6) is 0 Å². The standard InChI is InChI=1S/C18H14BrF2NO3/c1-11-5-6-12(13(19)9-11)7-8-17(24)25-10-16(23)22-18-14(20)3-2-4-15(18)21/h2-9H,10H2,1H3,(H,22,23)/b8-7+. The summed E-state index contributed by atoms with van der Waals surface area (Å²) in [6.07, 6.45) is 2.69. The minimum Gasteiger partial charge on any atom is -0.452 e. The third-order valence-corrected chi connectivity index (χ3v) is 3.81. The number of rotatable bonds is 5. The van der Waals surface area contributed by atoms with Crippen LogP contribution in [0.4, 0.5) is 14.5 Å². The van der Waals surface area contributed by atoms with Crippen LogP contribution in [0.3, 0.4) is 0 Å². The van der Waals surface area contributed by atoms with Gasteiger partial charge in [0, 0.05) is 10.5 Å². The molecule has 7 heteroatoms. The molecule has 1 amide bonds. The molecule has 0 aliphatic rings. The van der Waals surface area contributed by atoms with E-state index in [1.165, 1.54) is 12.1 Å². The zero-order valence-electron chi connectivity index (χ0n) is 13.2. The van der Waals surface area contributed by atoms with Crippen LogP contribution in [0.1, 0.15) is 11.1 Å². The van der Waals surface area contributed by atoms with Gasteiger partial charge in [0.2, 0.25) is 0 Å². The van der Waals surface area contributed by atoms with Crippen molar-refractivity contribution in [2.24, 2.45) is 0 Å². The number of hydrogen-bond acceptors (Lipinski definition) is 3. The van der Waals surface area contributed by atoms with Gasteiger partial charge in [-0.3, -0.25) is 4.79 Å². The summed E-state index contributed by atoms with van der Waals surface area (Å²) < 4.78 is 32.4. The van der Waals surface area contributed by atoms with Gasteiger partial charge in [-0.1, -0.05) is 34.1 Å². The minimum atomic E-state index is -0.913. The van der Waals surface area contributed by atoms with E-state index >= 15 is 0 Å². The van der Waals surface area contributed by atoms with Crippen LogP contribution in [0.15, 0.2) is 46.9 Å². The third-order valence-electron chi connectivity index (χ3n) is 3.13. The van der Waals surface area contributed by atoms with Crippen LogP contribution in [-0.4, -0.2) is 18.5 Å². The molecule has 2 rings (SSSR count). The Bertz CT molecular complexity index is 817. The number of benzene rings is 2. The number of halogens is 3. The number of carbonyl (C=O) groups is 2. The van der Waals surface area contributed by atoms with E-state index in [4.69, 9.17) is 4.74 Å². The summed E-state index contributed by atoms with van der Waals surface area (Å²) in [6.45, 7) is 1.27. The predicted octanol–water partition coefficient (Wildman–Crippen LogP) is 4.23. The van der Waals surface area contributed by atoms with Crippen LogP contribution in [0.25, 0.3) is 6.08 Å². The molecule has 0 saturated heterocycles. The van der Waals surface area contributed by atoms with Gasteiger partial charge in [0.15, 0.2) is 6.61 Å². The van der Waals surface area contributed by atoms with Crippen LogP contribution >= 0.6 is 15.9 Å². The Morgan fingerprint density at radius 1 is 1.20 bits per heavy atom. The average molecular weight is 410 g/mol. The van der Waals surface area contributed by atoms with Gasteiger partial charge in [0.05, 0.1) is 0 Å². The molecule has 130 valence electrons. The molecule has 0 bridgehead atoms. The van der Waals surface area contributed by atoms with Crippen molar-refractivity contribution in [2.45, 2.75) is 6.92 Å². The summed E-state index contributed by atoms with van der Waals surface area (Å²) in [4.78, 5) is 23.3. The number of amides is 1. The monoisotopic (exact) mass is 409 g/mol. The van der Waals surface area contributed by atoms with Crippen molar-refractivity contribution in [2.75, 3.05) is 11.9 Å². The Labute approximate surface area is 151 Å². The molecule has 1 N–H and O–H groups in total. The van der Waals surface area contributed by atoms with E-state index in [1.807, 2.05) is 30.4 Å². The van der Waals surface area contributed by atoms with Crippen molar-refractivity contribution in [3.8, 4) is 0 Å². The lowest BCUT2D eigenvalue weighted by Crippen LogP contribution is -2.21. The van der Waals surface area contributed by atoms with Crippen LogP contribution in [0, 0.1) is 18.6 Å². The summed E-state index contributed by atoms with van der Waals surface area (Å²) in [7, 11) is 0. The maximum absolute atomic E-state index is 13.4. The van der Waals surface area contributed by atoms with Crippen LogP contribution in [0.2, 0.25) is 0 Å². The van der Waals surface area contributed by atoms with Crippen molar-refractivity contribution >= 4 is 39.6 Å². The van der Waals surface area contributed by atoms with Crippen LogP contribution < -0.4 is 5.32 Å². The van der Waals surface area contributed by atoms with Crippen LogP contribution in [-0.2, 0) is 14.3 Å². The highest BCUT2D eigenvalue weighted by atomic mass is 79.9. The zero-order valence-corrected chi connectivity index (χ0v) is 14.8. The quantitative estimate of drug-likeness (QED) is 0.593. The summed E-state index contributed by atoms with van der Waals surface area (Å²) in [6, 6.07) is 8.78. The van der Waals surface area contributed by atoms with E-state index in [9.17, 15) is 18.4 Å². The molecule has 0 aliphatic carbocycles. The molecule has 0 fully saturated rings. The summed E-state index contributed by atoms with van der Waals surface area (Å²) in [5.74, 6) is -3.42. The van der Waals surface area contributed by atoms with Gasteiger partial charge in [-0.2, -0.15) is 0 Å². The van der Waals surface area contributed by atoms with E-state index < -0.39 is 35.8 Å². The molecular weight excluding hydrogens is 396 g/mol. The van der Waals surface area contributed by atoms with E-state index in [-0.39, 0.29) is 0 Å². The molecule has 0 heterocycles. The van der Waals surface area contributed by atoms with Gasteiger partial charge >= 0.3 is 5.97 Å². The van der Waals surface area contributed by atoms with Gasteiger partial charge in [0.1, 0.15) is 17.3 Å². The first-order valence-electron chi connectivity index (χ1n) is 7.21. The maximum atomic E-state index is 13.4. The highest BCUT2D eigenvalue weighted by Gasteiger charge is 2.12. The van der Waals surface area contributed by atoms with Gasteiger partial charge in [-0.05, 0) is 42.3 Å². The fraction of sp³-hybridized carbons (Fsp3) is 0.111. The van der Waals surface area contributed by atoms with E-state index in [0.717, 1.165) is 33.8 Å². The Hall–Kier alpha value is -2.54. The topological polar surface area (TPSA) is 55.4 Å². The Balaban J connectivity index is 1.89. The number of ether oxygens (including phenoxy) is 1. The first-order valence-corrected chi connectivity index (χ1v) is 8.01. The molecule has 0 radical (unpaired) electrons. The molecule has 0 aliphatic heterocycles. The van der Waals surface area contributed by atoms with Gasteiger partial charge in [-0.25, -0.2) is 13.6 Å². The molecule has 25 heavy (non-hydrogen) atoms. The van der Waals surface area contributed by atoms with E-state index in [2.05, 4.69) is 15.9 Å². The third kappa shape index (κ3) is 5.49. The summed E-state index contributed by atoms with van der Waals surface area (Å²) in [5.41, 5.74) is 1.24. The van der Waals surface area contributed by atoms with Crippen molar-refractivity contribution in [3.63, 3.8) is 0 Å². The summed E-state index contributed by atoms with van der Waals surface area (Å²) >= 11 is 3.37. The number of para-hydroxylation sites is 1. The first kappa shape index (κ1) is 18.8. The van der Waals surface area contributed by atoms with Crippen molar-refractivity contribution < 1.29 is 23.1 Å². The number of carbonyl (C=O) groups excluding carboxylic acids is 2. The molecule has 2 aromatic rings. The van der Waals surface area contributed by atoms with Crippen molar-refractivity contribution in [3.05, 3.63) is 69.7 Å². The molecule has 2 aromatic carbocycles. The number of esters is 1. The molecular formula is C18H14BrF2NO3. The second kappa shape index (κ2) is 8.53. The molecule has 0 aromatic heterocycles. The SMILES string of the molecule is Cc1ccc(/C=C/C(=O)OCC(=O)Nc2c(F)cccc2F)c(Br)c1. The smallest absolute Gasteiger partial charge is 0.331 e. The molecule has 0 spiro atoms. The Morgan fingerprint density at radius 2 is 1.88 bits per heavy atom. The number of anilines is 1. The fourth-order valence-corrected chi connectivity index (χ4v) is 2.53. The highest BCUT2D eigenvalue weighted by molar-refractivity contribution is 9.10.